The first kappa shape index (κ1) is 26.0. The van der Waals surface area contributed by atoms with Crippen molar-refractivity contribution in [1.29, 1.82) is 0 Å². The second-order valence-electron chi connectivity index (χ2n) is 12.1. The van der Waals surface area contributed by atoms with Gasteiger partial charge in [-0.2, -0.15) is 0 Å². The molecule has 0 aliphatic heterocycles. The highest BCUT2D eigenvalue weighted by atomic mass is 16.3. The molecule has 0 saturated heterocycles. The Kier molecular flexibility index (Phi) is 5.57. The van der Waals surface area contributed by atoms with Gasteiger partial charge in [0.05, 0.1) is 11.4 Å². The predicted octanol–water partition coefficient (Wildman–Crippen LogP) is 12.0. The van der Waals surface area contributed by atoms with Crippen molar-refractivity contribution in [2.45, 2.75) is 0 Å². The van der Waals surface area contributed by atoms with Crippen molar-refractivity contribution in [3.8, 4) is 33.6 Å². The summed E-state index contributed by atoms with van der Waals surface area (Å²) in [6.45, 7) is 0. The van der Waals surface area contributed by atoms with Crippen LogP contribution in [0.4, 0.5) is 0 Å². The van der Waals surface area contributed by atoms with Crippen molar-refractivity contribution in [2.75, 3.05) is 0 Å². The van der Waals surface area contributed by atoms with Crippen molar-refractivity contribution in [1.82, 2.24) is 9.97 Å². The maximum Gasteiger partial charge on any atom is 0.143 e. The molecule has 3 nitrogen and oxygen atoms in total. The Balaban J connectivity index is 1.34. The smallest absolute Gasteiger partial charge is 0.143 e. The van der Waals surface area contributed by atoms with Gasteiger partial charge >= 0.3 is 0 Å². The van der Waals surface area contributed by atoms with Gasteiger partial charge in [0.15, 0.2) is 0 Å². The minimum Gasteiger partial charge on any atom is -0.455 e. The van der Waals surface area contributed by atoms with Crippen molar-refractivity contribution < 1.29 is 4.42 Å². The zero-order valence-electron chi connectivity index (χ0n) is 25.3. The van der Waals surface area contributed by atoms with Crippen LogP contribution in [0.5, 0.6) is 0 Å². The van der Waals surface area contributed by atoms with Crippen molar-refractivity contribution in [3.05, 3.63) is 158 Å². The van der Waals surface area contributed by atoms with Crippen LogP contribution in [0.15, 0.2) is 162 Å². The zero-order valence-corrected chi connectivity index (χ0v) is 25.3. The lowest BCUT2D eigenvalue weighted by molar-refractivity contribution is 0.671. The van der Waals surface area contributed by atoms with Crippen molar-refractivity contribution in [3.63, 3.8) is 0 Å². The SMILES string of the molecule is c1cc(-c2ccncc2)nc(-c2c3ccccc3c(-c3cc4ccccc4c4c3oc3cc5ccccc5cc34)c3ccccc23)c1. The number of fused-ring (bicyclic) bond motifs is 8. The van der Waals surface area contributed by atoms with E-state index in [9.17, 15) is 0 Å². The van der Waals surface area contributed by atoms with E-state index in [1.807, 2.05) is 24.5 Å². The van der Waals surface area contributed by atoms with Gasteiger partial charge in [0.2, 0.25) is 0 Å². The molecule has 0 spiro atoms. The Hall–Kier alpha value is -6.32. The number of aromatic nitrogens is 2. The number of furan rings is 1. The predicted molar refractivity (Wildman–Crippen MR) is 196 cm³/mol. The monoisotopic (exact) mass is 598 g/mol. The molecule has 7 aromatic carbocycles. The van der Waals surface area contributed by atoms with Crippen LogP contribution >= 0.6 is 0 Å². The van der Waals surface area contributed by atoms with E-state index < -0.39 is 0 Å². The highest BCUT2D eigenvalue weighted by Crippen LogP contribution is 2.48. The summed E-state index contributed by atoms with van der Waals surface area (Å²) >= 11 is 0. The zero-order chi connectivity index (χ0) is 30.9. The Bertz CT molecular complexity index is 2790. The molecule has 0 fully saturated rings. The maximum absolute atomic E-state index is 6.91. The summed E-state index contributed by atoms with van der Waals surface area (Å²) in [6, 6.07) is 51.7. The van der Waals surface area contributed by atoms with E-state index in [1.165, 1.54) is 37.9 Å². The van der Waals surface area contributed by atoms with Gasteiger partial charge in [-0.1, -0.05) is 103 Å². The first-order valence-electron chi connectivity index (χ1n) is 15.9. The molecular weight excluding hydrogens is 572 g/mol. The molecule has 0 aliphatic rings. The second-order valence-corrected chi connectivity index (χ2v) is 12.1. The van der Waals surface area contributed by atoms with E-state index in [1.54, 1.807) is 0 Å². The van der Waals surface area contributed by atoms with E-state index in [0.29, 0.717) is 0 Å². The number of benzene rings is 7. The van der Waals surface area contributed by atoms with Crippen LogP contribution in [0.1, 0.15) is 0 Å². The number of hydrogen-bond donors (Lipinski definition) is 0. The molecular formula is C44H26N2O. The van der Waals surface area contributed by atoms with Gasteiger partial charge in [0.25, 0.3) is 0 Å². The standard InChI is InChI=1S/C44H26N2O/c1-2-11-29-26-40-36(24-28(29)10-1)43-31-13-4-3-12-30(31)25-37(44(43)47-40)41-32-14-5-7-16-34(32)42(35-17-8-6-15-33(35)41)39-19-9-18-38(46-39)27-20-22-45-23-21-27/h1-26H. The molecule has 0 N–H and O–H groups in total. The lowest BCUT2D eigenvalue weighted by Crippen LogP contribution is -1.94. The van der Waals surface area contributed by atoms with E-state index in [2.05, 4.69) is 138 Å². The minimum atomic E-state index is 0.902. The molecule has 0 radical (unpaired) electrons. The van der Waals surface area contributed by atoms with Gasteiger partial charge in [-0.05, 0) is 85.6 Å². The third-order valence-corrected chi connectivity index (χ3v) is 9.51. The normalized spacial score (nSPS) is 11.8. The van der Waals surface area contributed by atoms with Gasteiger partial charge < -0.3 is 4.42 Å². The van der Waals surface area contributed by atoms with Crippen LogP contribution in [-0.4, -0.2) is 9.97 Å². The van der Waals surface area contributed by atoms with Crippen molar-refractivity contribution in [2.24, 2.45) is 0 Å². The fraction of sp³-hybridized carbons (Fsp3) is 0. The summed E-state index contributed by atoms with van der Waals surface area (Å²) in [6.07, 6.45) is 3.63. The minimum absolute atomic E-state index is 0.902. The van der Waals surface area contributed by atoms with Gasteiger partial charge in [0, 0.05) is 45.4 Å². The van der Waals surface area contributed by atoms with Crippen LogP contribution in [0, 0.1) is 0 Å². The molecule has 0 atom stereocenters. The molecule has 0 amide bonds. The Morgan fingerprint density at radius 1 is 0.426 bits per heavy atom. The molecule has 0 aliphatic carbocycles. The lowest BCUT2D eigenvalue weighted by Gasteiger charge is -2.18. The third-order valence-electron chi connectivity index (χ3n) is 9.51. The number of nitrogens with zero attached hydrogens (tertiary/aromatic N) is 2. The molecule has 3 heteroatoms. The molecule has 0 saturated carbocycles. The van der Waals surface area contributed by atoms with Crippen LogP contribution in [0.3, 0.4) is 0 Å². The number of hydrogen-bond acceptors (Lipinski definition) is 3. The molecule has 0 bridgehead atoms. The van der Waals surface area contributed by atoms with Gasteiger partial charge in [-0.25, -0.2) is 4.98 Å². The van der Waals surface area contributed by atoms with E-state index in [0.717, 1.165) is 60.8 Å². The highest BCUT2D eigenvalue weighted by molar-refractivity contribution is 6.28. The van der Waals surface area contributed by atoms with Gasteiger partial charge in [0.1, 0.15) is 11.2 Å². The van der Waals surface area contributed by atoms with Crippen LogP contribution in [0.25, 0.3) is 98.7 Å². The van der Waals surface area contributed by atoms with E-state index in [4.69, 9.17) is 9.40 Å². The quantitative estimate of drug-likeness (QED) is 0.190. The average Bonchev–Trinajstić information content (AvgIpc) is 3.51. The largest absolute Gasteiger partial charge is 0.455 e. The van der Waals surface area contributed by atoms with Crippen LogP contribution in [-0.2, 0) is 0 Å². The first-order valence-corrected chi connectivity index (χ1v) is 15.9. The first-order chi connectivity index (χ1) is 23.3. The summed E-state index contributed by atoms with van der Waals surface area (Å²) in [7, 11) is 0. The summed E-state index contributed by atoms with van der Waals surface area (Å²) in [5.74, 6) is 0. The third kappa shape index (κ3) is 3.93. The Morgan fingerprint density at radius 2 is 1.00 bits per heavy atom. The van der Waals surface area contributed by atoms with Gasteiger partial charge in [-0.15, -0.1) is 0 Å². The van der Waals surface area contributed by atoms with Crippen LogP contribution in [0.2, 0.25) is 0 Å². The van der Waals surface area contributed by atoms with E-state index in [-0.39, 0.29) is 0 Å². The summed E-state index contributed by atoms with van der Waals surface area (Å²) in [5.41, 5.74) is 8.12. The summed E-state index contributed by atoms with van der Waals surface area (Å²) in [4.78, 5) is 9.42. The summed E-state index contributed by atoms with van der Waals surface area (Å²) in [5, 5.41) is 11.7. The average molecular weight is 599 g/mol. The maximum atomic E-state index is 6.91. The van der Waals surface area contributed by atoms with Gasteiger partial charge in [-0.3, -0.25) is 4.98 Å². The molecule has 10 rings (SSSR count). The van der Waals surface area contributed by atoms with E-state index >= 15 is 0 Å². The topological polar surface area (TPSA) is 38.9 Å². The number of pyridine rings is 2. The molecule has 3 heterocycles. The summed E-state index contributed by atoms with van der Waals surface area (Å²) < 4.78 is 6.91. The molecule has 0 unspecified atom stereocenters. The molecule has 47 heavy (non-hydrogen) atoms. The molecule has 3 aromatic heterocycles. The fourth-order valence-corrected chi connectivity index (χ4v) is 7.45. The lowest BCUT2D eigenvalue weighted by atomic mass is 9.86. The molecule has 10 aromatic rings. The van der Waals surface area contributed by atoms with Crippen LogP contribution < -0.4 is 0 Å². The molecule has 218 valence electrons. The Labute approximate surface area is 270 Å². The Morgan fingerprint density at radius 3 is 1.70 bits per heavy atom. The highest BCUT2D eigenvalue weighted by Gasteiger charge is 2.22. The fourth-order valence-electron chi connectivity index (χ4n) is 7.45. The second kappa shape index (κ2) is 10.1. The number of rotatable bonds is 3. The van der Waals surface area contributed by atoms with Crippen molar-refractivity contribution >= 4 is 65.0 Å².